The van der Waals surface area contributed by atoms with Crippen molar-refractivity contribution in [3.05, 3.63) is 70.3 Å². The number of hydrogen-bond acceptors (Lipinski definition) is 1. The van der Waals surface area contributed by atoms with Crippen LogP contribution in [0.1, 0.15) is 39.7 Å². The van der Waals surface area contributed by atoms with Gasteiger partial charge in [0.05, 0.1) is 0 Å². The molecule has 0 saturated carbocycles. The van der Waals surface area contributed by atoms with Gasteiger partial charge >= 0.3 is 0 Å². The molecule has 0 spiro atoms. The summed E-state index contributed by atoms with van der Waals surface area (Å²) in [6, 6.07) is 10.5. The van der Waals surface area contributed by atoms with Crippen molar-refractivity contribution >= 4 is 5.91 Å². The lowest BCUT2D eigenvalue weighted by Gasteiger charge is -2.09. The maximum atomic E-state index is 11.6. The molecule has 0 saturated heterocycles. The van der Waals surface area contributed by atoms with Gasteiger partial charge in [0.2, 0.25) is 5.91 Å². The van der Waals surface area contributed by atoms with E-state index in [1.54, 1.807) is 7.05 Å². The van der Waals surface area contributed by atoms with Crippen LogP contribution < -0.4 is 5.32 Å². The number of benzene rings is 1. The number of hydrogen-bond donors (Lipinski definition) is 1. The quantitative estimate of drug-likeness (QED) is 0.603. The van der Waals surface area contributed by atoms with Gasteiger partial charge in [-0.25, -0.2) is 0 Å². The molecule has 1 aromatic rings. The number of carbonyl (C=O) groups is 1. The average Bonchev–Trinajstić information content (AvgIpc) is 2.53. The molecule has 1 amide bonds. The second-order valence-electron chi connectivity index (χ2n) is 5.62. The van der Waals surface area contributed by atoms with Crippen LogP contribution in [0.15, 0.2) is 64.8 Å². The van der Waals surface area contributed by atoms with E-state index < -0.39 is 0 Å². The second kappa shape index (κ2) is 9.04. The minimum atomic E-state index is -0.0337. The van der Waals surface area contributed by atoms with Crippen molar-refractivity contribution in [3.63, 3.8) is 0 Å². The van der Waals surface area contributed by atoms with E-state index in [9.17, 15) is 4.79 Å². The van der Waals surface area contributed by atoms with Crippen LogP contribution in [-0.2, 0) is 11.2 Å². The van der Waals surface area contributed by atoms with E-state index in [2.05, 4.69) is 49.5 Å². The van der Waals surface area contributed by atoms with Gasteiger partial charge in [0, 0.05) is 12.6 Å². The van der Waals surface area contributed by atoms with Crippen LogP contribution in [0.2, 0.25) is 0 Å². The van der Waals surface area contributed by atoms with Gasteiger partial charge < -0.3 is 5.32 Å². The molecule has 0 radical (unpaired) electrons. The monoisotopic (exact) mass is 297 g/mol. The highest BCUT2D eigenvalue weighted by Crippen LogP contribution is 2.18. The van der Waals surface area contributed by atoms with Crippen LogP contribution in [-0.4, -0.2) is 13.0 Å². The minimum Gasteiger partial charge on any atom is -0.355 e. The fourth-order valence-corrected chi connectivity index (χ4v) is 2.29. The van der Waals surface area contributed by atoms with Gasteiger partial charge in [0.1, 0.15) is 0 Å². The number of carbonyl (C=O) groups excluding carboxylic acids is 1. The molecule has 0 aliphatic carbocycles. The molecule has 1 aromatic carbocycles. The van der Waals surface area contributed by atoms with Crippen LogP contribution in [0.25, 0.3) is 0 Å². The third kappa shape index (κ3) is 5.72. The van der Waals surface area contributed by atoms with Gasteiger partial charge in [-0.1, -0.05) is 60.6 Å². The highest BCUT2D eigenvalue weighted by atomic mass is 16.1. The van der Waals surface area contributed by atoms with Crippen LogP contribution in [0.5, 0.6) is 0 Å². The summed E-state index contributed by atoms with van der Waals surface area (Å²) in [4.78, 5) is 11.6. The Balaban J connectivity index is 3.04. The highest BCUT2D eigenvalue weighted by Gasteiger charge is 2.03. The molecule has 1 N–H and O–H groups in total. The molecule has 2 heteroatoms. The molecule has 0 aromatic heterocycles. The molecule has 0 heterocycles. The molecule has 2 nitrogen and oxygen atoms in total. The first-order valence-electron chi connectivity index (χ1n) is 7.79. The van der Waals surface area contributed by atoms with Crippen LogP contribution in [0.4, 0.5) is 0 Å². The Morgan fingerprint density at radius 1 is 1.09 bits per heavy atom. The van der Waals surface area contributed by atoms with Crippen LogP contribution in [0, 0.1) is 0 Å². The zero-order valence-electron chi connectivity index (χ0n) is 14.4. The lowest BCUT2D eigenvalue weighted by atomic mass is 9.97. The summed E-state index contributed by atoms with van der Waals surface area (Å²) in [5.41, 5.74) is 5.84. The number of amides is 1. The highest BCUT2D eigenvalue weighted by molar-refractivity contribution is 5.93. The zero-order chi connectivity index (χ0) is 16.5. The Morgan fingerprint density at radius 3 is 2.27 bits per heavy atom. The SMILES string of the molecule is CC/C(C)=C(/C=C(C)\C=C(/C)C(=O)NC)Cc1ccccc1. The Kier molecular flexibility index (Phi) is 7.38. The Bertz CT molecular complexity index is 591. The van der Waals surface area contributed by atoms with E-state index in [4.69, 9.17) is 0 Å². The summed E-state index contributed by atoms with van der Waals surface area (Å²) >= 11 is 0. The van der Waals surface area contributed by atoms with Crippen molar-refractivity contribution in [3.8, 4) is 0 Å². The zero-order valence-corrected chi connectivity index (χ0v) is 14.4. The van der Waals surface area contributed by atoms with Crippen LogP contribution >= 0.6 is 0 Å². The molecule has 0 bridgehead atoms. The molecule has 22 heavy (non-hydrogen) atoms. The minimum absolute atomic E-state index is 0.0337. The number of allylic oxidation sites excluding steroid dienone is 5. The Hall–Kier alpha value is -2.09. The van der Waals surface area contributed by atoms with Crippen molar-refractivity contribution in [2.75, 3.05) is 7.05 Å². The number of likely N-dealkylation sites (N-methyl/N-ethyl adjacent to an activating group) is 1. The van der Waals surface area contributed by atoms with Crippen molar-refractivity contribution in [2.24, 2.45) is 0 Å². The average molecular weight is 297 g/mol. The van der Waals surface area contributed by atoms with Crippen molar-refractivity contribution in [1.82, 2.24) is 5.32 Å². The standard InChI is InChI=1S/C20H27NO/c1-6-16(3)19(14-18-10-8-7-9-11-18)13-15(2)12-17(4)20(22)21-5/h7-13H,6,14H2,1-5H3,(H,21,22)/b15-13-,17-12+,19-16-. The summed E-state index contributed by atoms with van der Waals surface area (Å²) in [7, 11) is 1.65. The Labute approximate surface area is 134 Å². The largest absolute Gasteiger partial charge is 0.355 e. The van der Waals surface area contributed by atoms with E-state index in [0.717, 1.165) is 24.0 Å². The first-order chi connectivity index (χ1) is 10.5. The maximum Gasteiger partial charge on any atom is 0.246 e. The molecule has 0 fully saturated rings. The normalized spacial score (nSPS) is 13.7. The summed E-state index contributed by atoms with van der Waals surface area (Å²) in [5, 5.41) is 2.65. The van der Waals surface area contributed by atoms with E-state index in [1.165, 1.54) is 16.7 Å². The molecule has 0 atom stereocenters. The fraction of sp³-hybridized carbons (Fsp3) is 0.350. The topological polar surface area (TPSA) is 29.1 Å². The number of rotatable bonds is 6. The van der Waals surface area contributed by atoms with Gasteiger partial charge in [0.15, 0.2) is 0 Å². The summed E-state index contributed by atoms with van der Waals surface area (Å²) in [5.74, 6) is -0.0337. The van der Waals surface area contributed by atoms with Gasteiger partial charge in [-0.15, -0.1) is 0 Å². The van der Waals surface area contributed by atoms with Gasteiger partial charge in [-0.3, -0.25) is 4.79 Å². The van der Waals surface area contributed by atoms with Crippen molar-refractivity contribution in [2.45, 2.75) is 40.5 Å². The third-order valence-electron chi connectivity index (χ3n) is 3.75. The molecular formula is C20H27NO. The predicted octanol–water partition coefficient (Wildman–Crippen LogP) is 4.59. The van der Waals surface area contributed by atoms with E-state index in [0.29, 0.717) is 0 Å². The summed E-state index contributed by atoms with van der Waals surface area (Å²) in [6.07, 6.45) is 6.08. The predicted molar refractivity (Wildman–Crippen MR) is 94.7 cm³/mol. The first kappa shape index (κ1) is 18.0. The molecule has 0 unspecified atom stereocenters. The molecular weight excluding hydrogens is 270 g/mol. The van der Waals surface area contributed by atoms with Crippen molar-refractivity contribution in [1.29, 1.82) is 0 Å². The van der Waals surface area contributed by atoms with Gasteiger partial charge in [0.25, 0.3) is 0 Å². The maximum absolute atomic E-state index is 11.6. The lowest BCUT2D eigenvalue weighted by molar-refractivity contribution is -0.117. The Morgan fingerprint density at radius 2 is 1.73 bits per heavy atom. The first-order valence-corrected chi connectivity index (χ1v) is 7.79. The molecule has 1 rings (SSSR count). The summed E-state index contributed by atoms with van der Waals surface area (Å²) in [6.45, 7) is 8.23. The third-order valence-corrected chi connectivity index (χ3v) is 3.75. The van der Waals surface area contributed by atoms with E-state index in [-0.39, 0.29) is 5.91 Å². The van der Waals surface area contributed by atoms with Gasteiger partial charge in [-0.2, -0.15) is 0 Å². The van der Waals surface area contributed by atoms with Gasteiger partial charge in [-0.05, 0) is 44.7 Å². The smallest absolute Gasteiger partial charge is 0.246 e. The molecule has 0 aliphatic heterocycles. The van der Waals surface area contributed by atoms with Crippen molar-refractivity contribution < 1.29 is 4.79 Å². The van der Waals surface area contributed by atoms with E-state index in [1.807, 2.05) is 26.0 Å². The molecule has 0 aliphatic rings. The van der Waals surface area contributed by atoms with Crippen LogP contribution in [0.3, 0.4) is 0 Å². The number of nitrogens with one attached hydrogen (secondary N) is 1. The fourth-order valence-electron chi connectivity index (χ4n) is 2.29. The van der Waals surface area contributed by atoms with E-state index >= 15 is 0 Å². The lowest BCUT2D eigenvalue weighted by Crippen LogP contribution is -2.18. The summed E-state index contributed by atoms with van der Waals surface area (Å²) < 4.78 is 0. The molecule has 118 valence electrons. The second-order valence-corrected chi connectivity index (χ2v) is 5.62.